The van der Waals surface area contributed by atoms with Gasteiger partial charge in [0.2, 0.25) is 0 Å². The average Bonchev–Trinajstić information content (AvgIpc) is 2.99. The van der Waals surface area contributed by atoms with Gasteiger partial charge in [0.05, 0.1) is 27.0 Å². The van der Waals surface area contributed by atoms with Gasteiger partial charge >= 0.3 is 0 Å². The molecule has 3 rings (SSSR count). The number of nitrogens with zero attached hydrogens (tertiary/aromatic N) is 2. The van der Waals surface area contributed by atoms with E-state index in [-0.39, 0.29) is 27.4 Å². The molecule has 1 aliphatic rings. The smallest absolute Gasteiger partial charge is 0.270 e. The maximum absolute atomic E-state index is 12.7. The molecule has 1 amide bonds. The fourth-order valence-electron chi connectivity index (χ4n) is 2.64. The number of furan rings is 1. The van der Waals surface area contributed by atoms with Gasteiger partial charge in [0, 0.05) is 31.0 Å². The van der Waals surface area contributed by atoms with Crippen LogP contribution < -0.4 is 0 Å². The highest BCUT2D eigenvalue weighted by molar-refractivity contribution is 7.99. The Kier molecular flexibility index (Phi) is 5.11. The van der Waals surface area contributed by atoms with Crippen molar-refractivity contribution in [2.75, 3.05) is 18.8 Å². The Morgan fingerprint density at radius 2 is 2.21 bits per heavy atom. The lowest BCUT2D eigenvalue weighted by Gasteiger charge is -2.20. The Labute approximate surface area is 147 Å². The van der Waals surface area contributed by atoms with Crippen molar-refractivity contribution in [3.05, 3.63) is 63.1 Å². The lowest BCUT2D eigenvalue weighted by molar-refractivity contribution is -0.384. The van der Waals surface area contributed by atoms with Gasteiger partial charge in [0.1, 0.15) is 5.76 Å². The Balaban J connectivity index is 1.76. The molecule has 1 aromatic carbocycles. The van der Waals surface area contributed by atoms with Crippen LogP contribution in [0.1, 0.15) is 27.8 Å². The first-order valence-electron chi connectivity index (χ1n) is 7.44. The van der Waals surface area contributed by atoms with Crippen molar-refractivity contribution in [3.63, 3.8) is 0 Å². The summed E-state index contributed by atoms with van der Waals surface area (Å²) in [7, 11) is 0. The van der Waals surface area contributed by atoms with Crippen molar-refractivity contribution in [1.29, 1.82) is 0 Å². The topological polar surface area (TPSA) is 76.6 Å². The number of thioether (sulfide) groups is 1. The van der Waals surface area contributed by atoms with Gasteiger partial charge in [0.25, 0.3) is 11.6 Å². The molecule has 1 unspecified atom stereocenters. The number of amides is 1. The molecule has 1 saturated heterocycles. The van der Waals surface area contributed by atoms with Crippen molar-refractivity contribution in [2.24, 2.45) is 0 Å². The van der Waals surface area contributed by atoms with E-state index in [2.05, 4.69) is 0 Å². The predicted octanol–water partition coefficient (Wildman–Crippen LogP) is 4.16. The quantitative estimate of drug-likeness (QED) is 0.602. The minimum Gasteiger partial charge on any atom is -0.468 e. The van der Waals surface area contributed by atoms with E-state index in [0.29, 0.717) is 13.1 Å². The monoisotopic (exact) mass is 366 g/mol. The maximum atomic E-state index is 12.7. The van der Waals surface area contributed by atoms with E-state index in [4.69, 9.17) is 16.0 Å². The van der Waals surface area contributed by atoms with Gasteiger partial charge in [-0.15, -0.1) is 11.8 Å². The normalized spacial score (nSPS) is 18.2. The van der Waals surface area contributed by atoms with E-state index < -0.39 is 4.92 Å². The van der Waals surface area contributed by atoms with Gasteiger partial charge in [-0.3, -0.25) is 14.9 Å². The standard InChI is InChI=1S/C16H15ClN2O4S/c17-13-4-3-11(19(21)22)10-12(13)16(20)18-6-5-15(24-9-7-18)14-2-1-8-23-14/h1-4,8,10,15H,5-7,9H2. The molecule has 126 valence electrons. The number of halogens is 1. The number of hydrogen-bond acceptors (Lipinski definition) is 5. The van der Waals surface area contributed by atoms with Gasteiger partial charge in [0.15, 0.2) is 0 Å². The third-order valence-electron chi connectivity index (χ3n) is 3.88. The molecule has 24 heavy (non-hydrogen) atoms. The minimum atomic E-state index is -0.529. The summed E-state index contributed by atoms with van der Waals surface area (Å²) in [6, 6.07) is 7.72. The zero-order chi connectivity index (χ0) is 17.1. The zero-order valence-corrected chi connectivity index (χ0v) is 14.3. The first-order chi connectivity index (χ1) is 11.6. The van der Waals surface area contributed by atoms with Gasteiger partial charge in [-0.05, 0) is 24.6 Å². The second kappa shape index (κ2) is 7.27. The number of carbonyl (C=O) groups is 1. The number of nitro groups is 1. The van der Waals surface area contributed by atoms with Crippen LogP contribution in [0.25, 0.3) is 0 Å². The summed E-state index contributed by atoms with van der Waals surface area (Å²) in [6.07, 6.45) is 2.41. The average molecular weight is 367 g/mol. The maximum Gasteiger partial charge on any atom is 0.270 e. The summed E-state index contributed by atoms with van der Waals surface area (Å²) in [5.41, 5.74) is 0.0349. The molecule has 2 heterocycles. The van der Waals surface area contributed by atoms with Crippen LogP contribution in [0, 0.1) is 10.1 Å². The largest absolute Gasteiger partial charge is 0.468 e. The summed E-state index contributed by atoms with van der Waals surface area (Å²) < 4.78 is 5.45. The molecule has 0 bridgehead atoms. The molecule has 0 saturated carbocycles. The lowest BCUT2D eigenvalue weighted by Crippen LogP contribution is -2.33. The summed E-state index contributed by atoms with van der Waals surface area (Å²) in [5, 5.41) is 11.4. The van der Waals surface area contributed by atoms with Crippen molar-refractivity contribution in [2.45, 2.75) is 11.7 Å². The van der Waals surface area contributed by atoms with Crippen LogP contribution in [0.5, 0.6) is 0 Å². The number of non-ortho nitro benzene ring substituents is 1. The lowest BCUT2D eigenvalue weighted by atomic mass is 10.1. The molecule has 0 spiro atoms. The van der Waals surface area contributed by atoms with E-state index >= 15 is 0 Å². The van der Waals surface area contributed by atoms with Crippen molar-refractivity contribution >= 4 is 35.0 Å². The highest BCUT2D eigenvalue weighted by Crippen LogP contribution is 2.35. The molecule has 1 fully saturated rings. The SMILES string of the molecule is O=C(c1cc([N+](=O)[O-])ccc1Cl)N1CCSC(c2ccco2)CC1. The van der Waals surface area contributed by atoms with Crippen molar-refractivity contribution in [3.8, 4) is 0 Å². The summed E-state index contributed by atoms with van der Waals surface area (Å²) in [4.78, 5) is 24.8. The molecule has 0 aliphatic carbocycles. The van der Waals surface area contributed by atoms with Crippen LogP contribution in [0.2, 0.25) is 5.02 Å². The molecule has 6 nitrogen and oxygen atoms in total. The van der Waals surface area contributed by atoms with Gasteiger partial charge in [-0.1, -0.05) is 11.6 Å². The summed E-state index contributed by atoms with van der Waals surface area (Å²) >= 11 is 7.82. The Morgan fingerprint density at radius 1 is 1.38 bits per heavy atom. The Bertz CT molecular complexity index is 751. The van der Waals surface area contributed by atoms with Crippen molar-refractivity contribution in [1.82, 2.24) is 4.90 Å². The van der Waals surface area contributed by atoms with Crippen LogP contribution in [-0.2, 0) is 0 Å². The highest BCUT2D eigenvalue weighted by atomic mass is 35.5. The van der Waals surface area contributed by atoms with Gasteiger partial charge in [-0.2, -0.15) is 0 Å². The number of benzene rings is 1. The van der Waals surface area contributed by atoms with Gasteiger partial charge < -0.3 is 9.32 Å². The van der Waals surface area contributed by atoms with Gasteiger partial charge in [-0.25, -0.2) is 0 Å². The number of hydrogen-bond donors (Lipinski definition) is 0. The van der Waals surface area contributed by atoms with E-state index in [1.54, 1.807) is 22.9 Å². The molecule has 0 radical (unpaired) electrons. The third kappa shape index (κ3) is 3.57. The third-order valence-corrected chi connectivity index (χ3v) is 5.50. The second-order valence-electron chi connectivity index (χ2n) is 5.38. The second-order valence-corrected chi connectivity index (χ2v) is 7.09. The molecule has 0 N–H and O–H groups in total. The van der Waals surface area contributed by atoms with E-state index in [9.17, 15) is 14.9 Å². The molecule has 1 aromatic heterocycles. The minimum absolute atomic E-state index is 0.139. The van der Waals surface area contributed by atoms with Crippen LogP contribution >= 0.6 is 23.4 Å². The van der Waals surface area contributed by atoms with E-state index in [0.717, 1.165) is 17.9 Å². The van der Waals surface area contributed by atoms with Crippen molar-refractivity contribution < 1.29 is 14.1 Å². The Morgan fingerprint density at radius 3 is 2.92 bits per heavy atom. The zero-order valence-electron chi connectivity index (χ0n) is 12.7. The van der Waals surface area contributed by atoms with E-state index in [1.807, 2.05) is 12.1 Å². The summed E-state index contributed by atoms with van der Waals surface area (Å²) in [5.74, 6) is 1.40. The fourth-order valence-corrected chi connectivity index (χ4v) is 4.02. The Hall–Kier alpha value is -1.99. The van der Waals surface area contributed by atoms with E-state index in [1.165, 1.54) is 18.2 Å². The molecule has 1 aliphatic heterocycles. The highest BCUT2D eigenvalue weighted by Gasteiger charge is 2.26. The van der Waals surface area contributed by atoms with Crippen LogP contribution in [0.4, 0.5) is 5.69 Å². The number of nitro benzene ring substituents is 1. The molecule has 8 heteroatoms. The fraction of sp³-hybridized carbons (Fsp3) is 0.312. The molecular weight excluding hydrogens is 352 g/mol. The number of carbonyl (C=O) groups excluding carboxylic acids is 1. The molecule has 1 atom stereocenters. The molecular formula is C16H15ClN2O4S. The summed E-state index contributed by atoms with van der Waals surface area (Å²) in [6.45, 7) is 1.12. The van der Waals surface area contributed by atoms with Crippen LogP contribution in [-0.4, -0.2) is 34.6 Å². The predicted molar refractivity (Wildman–Crippen MR) is 92.5 cm³/mol. The first-order valence-corrected chi connectivity index (χ1v) is 8.87. The molecule has 2 aromatic rings. The van der Waals surface area contributed by atoms with Crippen LogP contribution in [0.15, 0.2) is 41.0 Å². The first kappa shape index (κ1) is 16.9. The van der Waals surface area contributed by atoms with Crippen LogP contribution in [0.3, 0.4) is 0 Å². The number of rotatable bonds is 3.